The van der Waals surface area contributed by atoms with Gasteiger partial charge in [-0.2, -0.15) is 0 Å². The zero-order valence-corrected chi connectivity index (χ0v) is 33.6. The lowest BCUT2D eigenvalue weighted by Gasteiger charge is -2.20. The highest BCUT2D eigenvalue weighted by molar-refractivity contribution is 9.14. The van der Waals surface area contributed by atoms with Gasteiger partial charge in [0.15, 0.2) is 11.3 Å². The van der Waals surface area contributed by atoms with Gasteiger partial charge < -0.3 is 0 Å². The molecule has 0 saturated heterocycles. The van der Waals surface area contributed by atoms with Crippen LogP contribution in [0.5, 0.6) is 0 Å². The standard InChI is InChI=1S/C12H7BrClN3O2S.C12H8ClN3O2S.C2Br2Cl4/c13-10-6-9-11(14)15-7-16-12(9)17(10)20(18,19)8-4-2-1-3-5-8;13-11-10-6-7-16(12(10)15-8-14-11)19(17,18)9-4-2-1-3-5-9;3-1(5,6)2(4,7)8/h1-7H;1-8H;. The van der Waals surface area contributed by atoms with Crippen LogP contribution in [0.4, 0.5) is 0 Å². The van der Waals surface area contributed by atoms with Gasteiger partial charge in [-0.05, 0) is 84.2 Å². The van der Waals surface area contributed by atoms with E-state index in [0.29, 0.717) is 15.4 Å². The van der Waals surface area contributed by atoms with E-state index in [4.69, 9.17) is 69.6 Å². The fourth-order valence-corrected chi connectivity index (χ4v) is 7.69. The average Bonchev–Trinajstić information content (AvgIpc) is 3.61. The summed E-state index contributed by atoms with van der Waals surface area (Å²) in [6.45, 7) is 0. The molecule has 0 bridgehead atoms. The van der Waals surface area contributed by atoms with Gasteiger partial charge in [-0.25, -0.2) is 44.7 Å². The molecule has 0 amide bonds. The molecule has 0 fully saturated rings. The molecular formula is C26H15Br3Cl6N6O4S2. The first-order valence-corrected chi connectivity index (χ1v) is 19.8. The molecule has 0 N–H and O–H groups in total. The van der Waals surface area contributed by atoms with Crippen molar-refractivity contribution in [2.24, 2.45) is 0 Å². The second-order valence-electron chi connectivity index (χ2n) is 8.78. The number of alkyl halides is 6. The summed E-state index contributed by atoms with van der Waals surface area (Å²) >= 11 is 42.3. The Morgan fingerprint density at radius 3 is 1.55 bits per heavy atom. The van der Waals surface area contributed by atoms with Crippen LogP contribution in [0.3, 0.4) is 0 Å². The van der Waals surface area contributed by atoms with E-state index in [0.717, 1.165) is 7.94 Å². The van der Waals surface area contributed by atoms with E-state index in [1.54, 1.807) is 48.5 Å². The SMILES string of the molecule is ClC(Cl)(Br)C(Cl)(Cl)Br.O=S(=O)(c1ccccc1)n1c(Br)cc2c(Cl)ncnc21.O=S(=O)(c1ccccc1)n1ccc2c(Cl)ncnc21. The Hall–Kier alpha value is -1.24. The second kappa shape index (κ2) is 15.3. The summed E-state index contributed by atoms with van der Waals surface area (Å²) in [5.74, 6) is 0. The van der Waals surface area contributed by atoms with Crippen LogP contribution >= 0.6 is 117 Å². The summed E-state index contributed by atoms with van der Waals surface area (Å²) in [6.07, 6.45) is 3.89. The van der Waals surface area contributed by atoms with Crippen molar-refractivity contribution in [2.75, 3.05) is 0 Å². The van der Waals surface area contributed by atoms with Crippen LogP contribution < -0.4 is 0 Å². The summed E-state index contributed by atoms with van der Waals surface area (Å²) in [4.78, 5) is 16.0. The predicted octanol–water partition coefficient (Wildman–Crippen LogP) is 9.44. The van der Waals surface area contributed by atoms with Gasteiger partial charge in [0.25, 0.3) is 20.0 Å². The molecule has 2 aromatic carbocycles. The molecule has 10 nitrogen and oxygen atoms in total. The molecule has 0 radical (unpaired) electrons. The van der Waals surface area contributed by atoms with Gasteiger partial charge in [0.1, 0.15) is 27.6 Å². The number of nitrogens with zero attached hydrogens (tertiary/aromatic N) is 6. The highest BCUT2D eigenvalue weighted by Crippen LogP contribution is 2.51. The van der Waals surface area contributed by atoms with Crippen molar-refractivity contribution in [3.63, 3.8) is 0 Å². The van der Waals surface area contributed by atoms with Gasteiger partial charge in [-0.3, -0.25) is 0 Å². The number of hydrogen-bond donors (Lipinski definition) is 0. The fraction of sp³-hybridized carbons (Fsp3) is 0.0769. The van der Waals surface area contributed by atoms with Gasteiger partial charge in [0.05, 0.1) is 20.6 Å². The first kappa shape index (κ1) is 38.6. The number of fused-ring (bicyclic) bond motifs is 2. The lowest BCUT2D eigenvalue weighted by Crippen LogP contribution is -2.22. The Balaban J connectivity index is 0.000000174. The van der Waals surface area contributed by atoms with E-state index in [-0.39, 0.29) is 31.4 Å². The van der Waals surface area contributed by atoms with Crippen LogP contribution in [-0.4, -0.2) is 51.2 Å². The van der Waals surface area contributed by atoms with Gasteiger partial charge in [-0.1, -0.05) is 106 Å². The predicted molar refractivity (Wildman–Crippen MR) is 198 cm³/mol. The van der Waals surface area contributed by atoms with E-state index in [9.17, 15) is 16.8 Å². The van der Waals surface area contributed by atoms with Crippen molar-refractivity contribution in [3.8, 4) is 0 Å². The number of rotatable bonds is 5. The van der Waals surface area contributed by atoms with E-state index >= 15 is 0 Å². The molecule has 0 atom stereocenters. The monoisotopic (exact) mass is 986 g/mol. The normalized spacial score (nSPS) is 12.3. The summed E-state index contributed by atoms with van der Waals surface area (Å²) < 4.78 is 50.1. The molecule has 0 aliphatic rings. The van der Waals surface area contributed by atoms with E-state index in [2.05, 4.69) is 67.7 Å². The number of halogens is 9. The molecule has 47 heavy (non-hydrogen) atoms. The van der Waals surface area contributed by atoms with Crippen LogP contribution in [0.1, 0.15) is 0 Å². The van der Waals surface area contributed by atoms with Gasteiger partial charge in [-0.15, -0.1) is 0 Å². The zero-order valence-electron chi connectivity index (χ0n) is 22.7. The zero-order chi connectivity index (χ0) is 34.8. The Labute approximate surface area is 323 Å². The summed E-state index contributed by atoms with van der Waals surface area (Å²) in [6, 6.07) is 19.4. The third-order valence-electron chi connectivity index (χ3n) is 5.77. The Morgan fingerprint density at radius 1 is 0.617 bits per heavy atom. The highest BCUT2D eigenvalue weighted by atomic mass is 79.9. The Kier molecular flexibility index (Phi) is 12.6. The van der Waals surface area contributed by atoms with E-state index in [1.165, 1.54) is 43.1 Å². The molecule has 0 unspecified atom stereocenters. The van der Waals surface area contributed by atoms with Gasteiger partial charge in [0.2, 0.25) is 6.49 Å². The smallest absolute Gasteiger partial charge is 0.224 e. The summed E-state index contributed by atoms with van der Waals surface area (Å²) in [7, 11) is -7.42. The molecule has 21 heteroatoms. The highest BCUT2D eigenvalue weighted by Gasteiger charge is 2.42. The first-order chi connectivity index (χ1) is 21.9. The Bertz CT molecular complexity index is 2240. The van der Waals surface area contributed by atoms with Crippen LogP contribution in [0.15, 0.2) is 106 Å². The molecule has 0 aliphatic heterocycles. The van der Waals surface area contributed by atoms with Gasteiger partial charge in [0, 0.05) is 6.20 Å². The third-order valence-corrected chi connectivity index (χ3v) is 14.7. The minimum Gasteiger partial charge on any atom is -0.224 e. The molecule has 0 aliphatic carbocycles. The van der Waals surface area contributed by atoms with Crippen molar-refractivity contribution in [3.05, 3.63) is 107 Å². The number of benzene rings is 2. The van der Waals surface area contributed by atoms with E-state index < -0.39 is 26.5 Å². The molecule has 0 saturated carbocycles. The van der Waals surface area contributed by atoms with E-state index in [1.807, 2.05) is 0 Å². The second-order valence-corrected chi connectivity index (χ2v) is 20.8. The van der Waals surface area contributed by atoms with Crippen LogP contribution in [-0.2, 0) is 20.0 Å². The maximum absolute atomic E-state index is 12.7. The molecule has 0 spiro atoms. The topological polar surface area (TPSA) is 130 Å². The lowest BCUT2D eigenvalue weighted by atomic mass is 10.4. The minimum atomic E-state index is -3.75. The quantitative estimate of drug-likeness (QED) is 0.124. The molecule has 4 aromatic heterocycles. The maximum Gasteiger partial charge on any atom is 0.270 e. The van der Waals surface area contributed by atoms with Crippen molar-refractivity contribution < 1.29 is 16.8 Å². The fourth-order valence-electron chi connectivity index (χ4n) is 3.65. The van der Waals surface area contributed by atoms with Crippen molar-refractivity contribution >= 4 is 160 Å². The third kappa shape index (κ3) is 8.74. The summed E-state index contributed by atoms with van der Waals surface area (Å²) in [5, 5.41) is 1.41. The minimum absolute atomic E-state index is 0.174. The summed E-state index contributed by atoms with van der Waals surface area (Å²) in [5.41, 5.74) is 0.504. The number of hydrogen-bond acceptors (Lipinski definition) is 8. The first-order valence-electron chi connectivity index (χ1n) is 12.3. The van der Waals surface area contributed by atoms with Crippen LogP contribution in [0, 0.1) is 0 Å². The molecule has 4 heterocycles. The van der Waals surface area contributed by atoms with Crippen LogP contribution in [0.25, 0.3) is 22.1 Å². The lowest BCUT2D eigenvalue weighted by molar-refractivity contribution is 0.586. The molecule has 6 aromatic rings. The van der Waals surface area contributed by atoms with Gasteiger partial charge >= 0.3 is 0 Å². The van der Waals surface area contributed by atoms with Crippen molar-refractivity contribution in [1.29, 1.82) is 0 Å². The maximum atomic E-state index is 12.7. The number of aromatic nitrogens is 6. The largest absolute Gasteiger partial charge is 0.270 e. The van der Waals surface area contributed by atoms with Crippen molar-refractivity contribution in [1.82, 2.24) is 27.9 Å². The molecular weight excluding hydrogens is 977 g/mol. The van der Waals surface area contributed by atoms with Crippen molar-refractivity contribution in [2.45, 2.75) is 16.3 Å². The molecule has 248 valence electrons. The Morgan fingerprint density at radius 2 is 1.06 bits per heavy atom. The average molecular weight is 992 g/mol. The molecule has 6 rings (SSSR count). The van der Waals surface area contributed by atoms with Crippen LogP contribution in [0.2, 0.25) is 10.3 Å².